The van der Waals surface area contributed by atoms with Crippen molar-refractivity contribution < 1.29 is 12.9 Å². The Balaban J connectivity index is 2.65. The number of rotatable bonds is 2. The molecule has 0 fully saturated rings. The molecule has 62 valence electrons. The van der Waals surface area contributed by atoms with Crippen LogP contribution in [0, 0.1) is 0 Å². The first-order valence-corrected chi connectivity index (χ1v) is 4.53. The first-order chi connectivity index (χ1) is 4.97. The monoisotopic (exact) mass is 243 g/mol. The molecule has 1 heterocycles. The third kappa shape index (κ3) is 3.29. The summed E-state index contributed by atoms with van der Waals surface area (Å²) in [5.41, 5.74) is 0. The van der Waals surface area contributed by atoms with Gasteiger partial charge in [-0.15, -0.1) is 11.3 Å². The molecule has 0 amide bonds. The number of hydrogen-bond donors (Lipinski definition) is 0. The Morgan fingerprint density at radius 1 is 1.36 bits per heavy atom. The Labute approximate surface area is 74.6 Å². The highest BCUT2D eigenvalue weighted by Crippen LogP contribution is 2.26. The van der Waals surface area contributed by atoms with E-state index in [1.165, 1.54) is 6.07 Å². The van der Waals surface area contributed by atoms with Crippen LogP contribution in [-0.4, -0.2) is 6.98 Å². The molecule has 0 radical (unpaired) electrons. The lowest BCUT2D eigenvalue weighted by molar-refractivity contribution is 0.469. The minimum atomic E-state index is -4.68. The van der Waals surface area contributed by atoms with Crippen molar-refractivity contribution in [2.24, 2.45) is 0 Å². The van der Waals surface area contributed by atoms with Crippen molar-refractivity contribution >= 4 is 34.2 Å². The van der Waals surface area contributed by atoms with Crippen LogP contribution in [0.1, 0.15) is 4.88 Å². The van der Waals surface area contributed by atoms with Gasteiger partial charge in [0, 0.05) is 0 Å². The third-order valence-corrected chi connectivity index (χ3v) is 2.71. The molecule has 0 bridgehead atoms. The molecule has 0 saturated carbocycles. The van der Waals surface area contributed by atoms with Crippen LogP contribution in [0.15, 0.2) is 15.9 Å². The summed E-state index contributed by atoms with van der Waals surface area (Å²) in [7, 11) is 0. The molecule has 0 aliphatic carbocycles. The lowest BCUT2D eigenvalue weighted by Gasteiger charge is -2.10. The number of halogens is 4. The van der Waals surface area contributed by atoms with Crippen molar-refractivity contribution in [3.05, 3.63) is 20.8 Å². The average molecular weight is 244 g/mol. The van der Waals surface area contributed by atoms with Crippen LogP contribution in [-0.2, 0) is 6.32 Å². The molecule has 0 spiro atoms. The fraction of sp³-hybridized carbons (Fsp3) is 0.200. The van der Waals surface area contributed by atoms with E-state index >= 15 is 0 Å². The predicted molar refractivity (Wildman–Crippen MR) is 44.8 cm³/mol. The van der Waals surface area contributed by atoms with Gasteiger partial charge in [-0.2, -0.15) is 0 Å². The molecule has 0 nitrogen and oxygen atoms in total. The van der Waals surface area contributed by atoms with Crippen molar-refractivity contribution in [1.82, 2.24) is 0 Å². The molecular formula is C5H4BBrF3S-. The van der Waals surface area contributed by atoms with Gasteiger partial charge < -0.3 is 12.9 Å². The summed E-state index contributed by atoms with van der Waals surface area (Å²) in [6, 6.07) is 3.12. The summed E-state index contributed by atoms with van der Waals surface area (Å²) in [4.78, 5) is 0.365. The van der Waals surface area contributed by atoms with Crippen molar-refractivity contribution in [3.63, 3.8) is 0 Å². The van der Waals surface area contributed by atoms with Gasteiger partial charge in [0.25, 0.3) is 0 Å². The second-order valence-electron chi connectivity index (χ2n) is 2.12. The van der Waals surface area contributed by atoms with Gasteiger partial charge >= 0.3 is 6.98 Å². The Kier molecular flexibility index (Phi) is 2.64. The lowest BCUT2D eigenvalue weighted by atomic mass is 9.85. The first kappa shape index (κ1) is 9.13. The zero-order valence-corrected chi connectivity index (χ0v) is 7.76. The Morgan fingerprint density at radius 3 is 2.36 bits per heavy atom. The highest BCUT2D eigenvalue weighted by atomic mass is 79.9. The highest BCUT2D eigenvalue weighted by molar-refractivity contribution is 9.11. The topological polar surface area (TPSA) is 0 Å². The zero-order valence-electron chi connectivity index (χ0n) is 5.36. The van der Waals surface area contributed by atoms with Crippen LogP contribution in [0.25, 0.3) is 0 Å². The van der Waals surface area contributed by atoms with E-state index in [0.29, 0.717) is 4.88 Å². The van der Waals surface area contributed by atoms with Crippen molar-refractivity contribution in [1.29, 1.82) is 0 Å². The maximum Gasteiger partial charge on any atom is 0.483 e. The molecule has 1 aromatic heterocycles. The second-order valence-corrected chi connectivity index (χ2v) is 4.67. The highest BCUT2D eigenvalue weighted by Gasteiger charge is 2.23. The van der Waals surface area contributed by atoms with Gasteiger partial charge in [-0.3, -0.25) is 0 Å². The average Bonchev–Trinajstić information content (AvgIpc) is 2.10. The van der Waals surface area contributed by atoms with Gasteiger partial charge in [0.1, 0.15) is 0 Å². The molecule has 0 N–H and O–H groups in total. The quantitative estimate of drug-likeness (QED) is 0.699. The minimum absolute atomic E-state index is 0.365. The Hall–Kier alpha value is 0.0349. The summed E-state index contributed by atoms with van der Waals surface area (Å²) >= 11 is 4.22. The number of hydrogen-bond acceptors (Lipinski definition) is 1. The molecule has 0 aromatic carbocycles. The van der Waals surface area contributed by atoms with Gasteiger partial charge in [0.2, 0.25) is 0 Å². The summed E-state index contributed by atoms with van der Waals surface area (Å²) in [5.74, 6) is 0. The van der Waals surface area contributed by atoms with Crippen molar-refractivity contribution in [3.8, 4) is 0 Å². The first-order valence-electron chi connectivity index (χ1n) is 2.92. The van der Waals surface area contributed by atoms with E-state index in [2.05, 4.69) is 15.9 Å². The van der Waals surface area contributed by atoms with Gasteiger partial charge in [0.15, 0.2) is 0 Å². The van der Waals surface area contributed by atoms with E-state index in [1.807, 2.05) is 0 Å². The molecule has 0 saturated heterocycles. The number of thiophene rings is 1. The van der Waals surface area contributed by atoms with Gasteiger partial charge in [-0.05, 0) is 26.9 Å². The van der Waals surface area contributed by atoms with E-state index < -0.39 is 13.3 Å². The molecule has 0 aliphatic heterocycles. The molecule has 1 aromatic rings. The van der Waals surface area contributed by atoms with E-state index in [0.717, 1.165) is 15.1 Å². The fourth-order valence-corrected chi connectivity index (χ4v) is 2.24. The molecule has 0 atom stereocenters. The van der Waals surface area contributed by atoms with Crippen LogP contribution in [0.5, 0.6) is 0 Å². The fourth-order valence-electron chi connectivity index (χ4n) is 0.690. The van der Waals surface area contributed by atoms with Crippen LogP contribution in [0.4, 0.5) is 12.9 Å². The smallest absolute Gasteiger partial charge is 0.449 e. The predicted octanol–water partition coefficient (Wildman–Crippen LogP) is 3.44. The van der Waals surface area contributed by atoms with Crippen LogP contribution < -0.4 is 0 Å². The van der Waals surface area contributed by atoms with Gasteiger partial charge in [-0.25, -0.2) is 0 Å². The molecule has 0 unspecified atom stereocenters. The third-order valence-electron chi connectivity index (χ3n) is 1.06. The zero-order chi connectivity index (χ0) is 8.48. The van der Waals surface area contributed by atoms with Crippen LogP contribution >= 0.6 is 27.3 Å². The summed E-state index contributed by atoms with van der Waals surface area (Å²) in [5, 5.41) is 0. The van der Waals surface area contributed by atoms with E-state index in [4.69, 9.17) is 0 Å². The Bertz CT molecular complexity index is 244. The minimum Gasteiger partial charge on any atom is -0.449 e. The molecule has 11 heavy (non-hydrogen) atoms. The standard InChI is InChI=1S/C5H4BBrF3S/c7-5-2-1-4(11-5)3-6(8,9)10/h1-2H,3H2/q-1. The van der Waals surface area contributed by atoms with Crippen LogP contribution in [0.2, 0.25) is 0 Å². The van der Waals surface area contributed by atoms with Gasteiger partial charge in [0.05, 0.1) is 3.79 Å². The van der Waals surface area contributed by atoms with E-state index in [9.17, 15) is 12.9 Å². The summed E-state index contributed by atoms with van der Waals surface area (Å²) in [6.45, 7) is -4.68. The molecular weight excluding hydrogens is 240 g/mol. The van der Waals surface area contributed by atoms with Crippen molar-refractivity contribution in [2.45, 2.75) is 6.32 Å². The maximum atomic E-state index is 11.8. The van der Waals surface area contributed by atoms with Gasteiger partial charge in [-0.1, -0.05) is 12.4 Å². The SMILES string of the molecule is F[B-](F)(F)Cc1ccc(Br)s1. The lowest BCUT2D eigenvalue weighted by Crippen LogP contribution is -2.18. The van der Waals surface area contributed by atoms with E-state index in [-0.39, 0.29) is 0 Å². The van der Waals surface area contributed by atoms with E-state index in [1.54, 1.807) is 6.07 Å². The van der Waals surface area contributed by atoms with Crippen molar-refractivity contribution in [2.75, 3.05) is 0 Å². The summed E-state index contributed by atoms with van der Waals surface area (Å²) < 4.78 is 36.2. The molecule has 1 rings (SSSR count). The summed E-state index contributed by atoms with van der Waals surface area (Å²) in [6.07, 6.45) is -0.768. The normalized spacial score (nSPS) is 12.0. The molecule has 0 aliphatic rings. The Morgan fingerprint density at radius 2 is 2.00 bits per heavy atom. The largest absolute Gasteiger partial charge is 0.483 e. The van der Waals surface area contributed by atoms with Crippen LogP contribution in [0.3, 0.4) is 0 Å². The molecule has 6 heteroatoms. The second kappa shape index (κ2) is 3.19. The maximum absolute atomic E-state index is 11.8.